The molecule has 0 saturated heterocycles. The summed E-state index contributed by atoms with van der Waals surface area (Å²) in [6.07, 6.45) is 7.80. The van der Waals surface area contributed by atoms with Crippen LogP contribution in [-0.2, 0) is 11.2 Å². The summed E-state index contributed by atoms with van der Waals surface area (Å²) >= 11 is 0. The fourth-order valence-corrected chi connectivity index (χ4v) is 4.93. The zero-order chi connectivity index (χ0) is 23.6. The van der Waals surface area contributed by atoms with E-state index >= 15 is 0 Å². The number of fused-ring (bicyclic) bond motifs is 1. The second-order valence-electron chi connectivity index (χ2n) is 10.3. The van der Waals surface area contributed by atoms with Gasteiger partial charge in [0.2, 0.25) is 5.91 Å². The van der Waals surface area contributed by atoms with Crippen LogP contribution in [0.5, 0.6) is 5.75 Å². The van der Waals surface area contributed by atoms with Gasteiger partial charge in [0.1, 0.15) is 5.75 Å². The van der Waals surface area contributed by atoms with Crippen LogP contribution in [0.2, 0.25) is 0 Å². The fraction of sp³-hybridized carbons (Fsp3) is 0.429. The average Bonchev–Trinajstić information content (AvgIpc) is 2.79. The molecule has 0 aromatic heterocycles. The predicted molar refractivity (Wildman–Crippen MR) is 132 cm³/mol. The molecule has 2 aromatic carbocycles. The Hall–Kier alpha value is -3.08. The van der Waals surface area contributed by atoms with E-state index in [1.165, 1.54) is 12.0 Å². The Balaban J connectivity index is 1.52. The summed E-state index contributed by atoms with van der Waals surface area (Å²) < 4.78 is 5.39. The molecule has 33 heavy (non-hydrogen) atoms. The van der Waals surface area contributed by atoms with Crippen molar-refractivity contribution in [3.63, 3.8) is 0 Å². The number of amides is 1. The van der Waals surface area contributed by atoms with Gasteiger partial charge in [-0.05, 0) is 75.1 Å². The van der Waals surface area contributed by atoms with Crippen LogP contribution in [-0.4, -0.2) is 24.3 Å². The smallest absolute Gasteiger partial charge is 0.230 e. The summed E-state index contributed by atoms with van der Waals surface area (Å²) in [4.78, 5) is 25.9. The molecular formula is C28H34N2O3. The number of allylic oxidation sites excluding steroid dienone is 1. The highest BCUT2D eigenvalue weighted by Gasteiger charge is 2.34. The molecule has 0 radical (unpaired) electrons. The Morgan fingerprint density at radius 2 is 1.70 bits per heavy atom. The van der Waals surface area contributed by atoms with E-state index in [1.807, 2.05) is 24.3 Å². The standard InChI is InChI=1S/C28H34N2O3/c1-27(2)18-20-10-13-22(33-4)16-23(20)24(30-27)17-25(31)19-8-11-21(12-9-19)29-26(32)28(3)14-6-5-7-15-28/h8-13,16-17,30H,5-7,14-15,18H2,1-4H3,(H,29,32). The Morgan fingerprint density at radius 3 is 2.36 bits per heavy atom. The van der Waals surface area contributed by atoms with E-state index in [0.29, 0.717) is 5.56 Å². The van der Waals surface area contributed by atoms with Crippen LogP contribution in [0.25, 0.3) is 5.70 Å². The number of hydrogen-bond acceptors (Lipinski definition) is 4. The van der Waals surface area contributed by atoms with E-state index in [9.17, 15) is 9.59 Å². The van der Waals surface area contributed by atoms with Gasteiger partial charge in [-0.15, -0.1) is 0 Å². The number of hydrogen-bond donors (Lipinski definition) is 2. The number of rotatable bonds is 5. The third-order valence-corrected chi connectivity index (χ3v) is 6.92. The van der Waals surface area contributed by atoms with E-state index in [4.69, 9.17) is 4.74 Å². The number of carbonyl (C=O) groups excluding carboxylic acids is 2. The van der Waals surface area contributed by atoms with E-state index < -0.39 is 0 Å². The van der Waals surface area contributed by atoms with E-state index in [2.05, 4.69) is 37.5 Å². The Morgan fingerprint density at radius 1 is 1.00 bits per heavy atom. The second-order valence-corrected chi connectivity index (χ2v) is 10.3. The lowest BCUT2D eigenvalue weighted by Gasteiger charge is -2.35. The van der Waals surface area contributed by atoms with Crippen LogP contribution in [0.15, 0.2) is 48.5 Å². The molecule has 174 valence electrons. The molecule has 2 aromatic rings. The first-order valence-corrected chi connectivity index (χ1v) is 11.8. The van der Waals surface area contributed by atoms with Crippen molar-refractivity contribution in [3.05, 3.63) is 65.2 Å². The summed E-state index contributed by atoms with van der Waals surface area (Å²) in [5, 5.41) is 6.55. The number of anilines is 1. The molecule has 1 amide bonds. The summed E-state index contributed by atoms with van der Waals surface area (Å²) in [6, 6.07) is 13.2. The van der Waals surface area contributed by atoms with Crippen molar-refractivity contribution in [2.75, 3.05) is 12.4 Å². The largest absolute Gasteiger partial charge is 0.497 e. The van der Waals surface area contributed by atoms with E-state index in [1.54, 1.807) is 25.3 Å². The molecule has 0 spiro atoms. The minimum Gasteiger partial charge on any atom is -0.497 e. The number of ether oxygens (including phenoxy) is 1. The van der Waals surface area contributed by atoms with Crippen LogP contribution in [0, 0.1) is 5.41 Å². The first-order chi connectivity index (χ1) is 15.7. The Labute approximate surface area is 196 Å². The van der Waals surface area contributed by atoms with Crippen molar-refractivity contribution in [3.8, 4) is 5.75 Å². The molecule has 2 aliphatic rings. The lowest BCUT2D eigenvalue weighted by atomic mass is 9.75. The van der Waals surface area contributed by atoms with Gasteiger partial charge < -0.3 is 15.4 Å². The molecular weight excluding hydrogens is 412 g/mol. The summed E-state index contributed by atoms with van der Waals surface area (Å²) in [5.74, 6) is 0.754. The van der Waals surface area contributed by atoms with Gasteiger partial charge in [0.05, 0.1) is 7.11 Å². The molecule has 1 saturated carbocycles. The molecule has 2 N–H and O–H groups in total. The van der Waals surface area contributed by atoms with Crippen molar-refractivity contribution in [2.24, 2.45) is 5.41 Å². The van der Waals surface area contributed by atoms with E-state index in [-0.39, 0.29) is 22.6 Å². The van der Waals surface area contributed by atoms with Crippen LogP contribution in [0.4, 0.5) is 5.69 Å². The maximum atomic E-state index is 13.1. The number of ketones is 1. The molecule has 1 fully saturated rings. The monoisotopic (exact) mass is 446 g/mol. The van der Waals surface area contributed by atoms with Gasteiger partial charge >= 0.3 is 0 Å². The second kappa shape index (κ2) is 9.05. The molecule has 1 heterocycles. The summed E-state index contributed by atoms with van der Waals surface area (Å²) in [5.41, 5.74) is 3.83. The Bertz CT molecular complexity index is 1080. The van der Waals surface area contributed by atoms with Gasteiger partial charge in [0.15, 0.2) is 5.78 Å². The van der Waals surface area contributed by atoms with Gasteiger partial charge in [0.25, 0.3) is 0 Å². The quantitative estimate of drug-likeness (QED) is 0.453. The maximum Gasteiger partial charge on any atom is 0.230 e. The number of benzene rings is 2. The zero-order valence-electron chi connectivity index (χ0n) is 20.1. The number of carbonyl (C=O) groups is 2. The van der Waals surface area contributed by atoms with Crippen LogP contribution in [0.1, 0.15) is 74.4 Å². The van der Waals surface area contributed by atoms with Crippen LogP contribution in [0.3, 0.4) is 0 Å². The van der Waals surface area contributed by atoms with Crippen molar-refractivity contribution in [1.82, 2.24) is 5.32 Å². The van der Waals surface area contributed by atoms with Gasteiger partial charge in [-0.1, -0.05) is 32.3 Å². The van der Waals surface area contributed by atoms with Crippen molar-refractivity contribution in [1.29, 1.82) is 0 Å². The number of nitrogens with one attached hydrogen (secondary N) is 2. The summed E-state index contributed by atoms with van der Waals surface area (Å²) in [7, 11) is 1.64. The van der Waals surface area contributed by atoms with Crippen molar-refractivity contribution < 1.29 is 14.3 Å². The predicted octanol–water partition coefficient (Wildman–Crippen LogP) is 5.75. The molecule has 4 rings (SSSR count). The van der Waals surface area contributed by atoms with Gasteiger partial charge in [-0.2, -0.15) is 0 Å². The molecule has 5 heteroatoms. The van der Waals surface area contributed by atoms with Crippen LogP contribution >= 0.6 is 0 Å². The lowest BCUT2D eigenvalue weighted by Crippen LogP contribution is -2.43. The minimum absolute atomic E-state index is 0.0718. The highest BCUT2D eigenvalue weighted by molar-refractivity contribution is 6.09. The highest BCUT2D eigenvalue weighted by Crippen LogP contribution is 2.37. The molecule has 0 unspecified atom stereocenters. The molecule has 0 bridgehead atoms. The third-order valence-electron chi connectivity index (χ3n) is 6.92. The maximum absolute atomic E-state index is 13.1. The highest BCUT2D eigenvalue weighted by atomic mass is 16.5. The van der Waals surface area contributed by atoms with Gasteiger partial charge in [-0.25, -0.2) is 0 Å². The summed E-state index contributed by atoms with van der Waals surface area (Å²) in [6.45, 7) is 6.31. The molecule has 1 aliphatic carbocycles. The third kappa shape index (κ3) is 5.13. The first kappa shape index (κ1) is 23.1. The molecule has 5 nitrogen and oxygen atoms in total. The molecule has 1 aliphatic heterocycles. The first-order valence-electron chi connectivity index (χ1n) is 11.8. The number of methoxy groups -OCH3 is 1. The molecule has 0 atom stereocenters. The normalized spacial score (nSPS) is 19.8. The van der Waals surface area contributed by atoms with Crippen molar-refractivity contribution in [2.45, 2.75) is 64.8 Å². The van der Waals surface area contributed by atoms with Gasteiger partial charge in [0, 0.05) is 39.5 Å². The average molecular weight is 447 g/mol. The van der Waals surface area contributed by atoms with E-state index in [0.717, 1.165) is 54.8 Å². The van der Waals surface area contributed by atoms with Gasteiger partial charge in [-0.3, -0.25) is 9.59 Å². The van der Waals surface area contributed by atoms with Crippen LogP contribution < -0.4 is 15.4 Å². The zero-order valence-corrected chi connectivity index (χ0v) is 20.1. The lowest BCUT2D eigenvalue weighted by molar-refractivity contribution is -0.126. The Kier molecular flexibility index (Phi) is 6.33. The SMILES string of the molecule is COc1ccc2c(c1)C(=CC(=O)c1ccc(NC(=O)C3(C)CCCCC3)cc1)NC(C)(C)C2. The van der Waals surface area contributed by atoms with Crippen molar-refractivity contribution >= 4 is 23.1 Å². The minimum atomic E-state index is -0.301. The topological polar surface area (TPSA) is 67.4 Å². The fourth-order valence-electron chi connectivity index (χ4n) is 4.93.